The summed E-state index contributed by atoms with van der Waals surface area (Å²) in [6.07, 6.45) is 7.40. The molecule has 0 aliphatic carbocycles. The van der Waals surface area contributed by atoms with E-state index in [9.17, 15) is 13.2 Å². The van der Waals surface area contributed by atoms with Gasteiger partial charge in [-0.3, -0.25) is 9.52 Å². The molecule has 4 rings (SSSR count). The maximum Gasteiger partial charge on any atom is 0.254 e. The van der Waals surface area contributed by atoms with Gasteiger partial charge in [-0.05, 0) is 68.6 Å². The largest absolute Gasteiger partial charge is 0.334 e. The van der Waals surface area contributed by atoms with Gasteiger partial charge in [0.1, 0.15) is 5.82 Å². The Morgan fingerprint density at radius 3 is 2.25 bits per heavy atom. The number of carbonyl (C=O) groups is 1. The van der Waals surface area contributed by atoms with E-state index in [0.29, 0.717) is 11.6 Å². The smallest absolute Gasteiger partial charge is 0.254 e. The highest BCUT2D eigenvalue weighted by Gasteiger charge is 2.31. The highest BCUT2D eigenvalue weighted by Crippen LogP contribution is 2.25. The molecule has 7 nitrogen and oxygen atoms in total. The zero-order chi connectivity index (χ0) is 21.1. The number of sulfonamides is 1. The van der Waals surface area contributed by atoms with Crippen molar-refractivity contribution < 1.29 is 13.2 Å². The number of halogens is 2. The lowest BCUT2D eigenvalue weighted by atomic mass is 10.0. The maximum absolute atomic E-state index is 13.1. The van der Waals surface area contributed by atoms with Crippen LogP contribution in [0.5, 0.6) is 0 Å². The second-order valence-electron chi connectivity index (χ2n) is 8.19. The van der Waals surface area contributed by atoms with Gasteiger partial charge >= 0.3 is 0 Å². The highest BCUT2D eigenvalue weighted by atomic mass is 35.5. The van der Waals surface area contributed by atoms with Crippen molar-refractivity contribution in [3.05, 3.63) is 48.2 Å². The number of nitrogens with zero attached hydrogens (tertiary/aromatic N) is 3. The summed E-state index contributed by atoms with van der Waals surface area (Å²) >= 11 is 0. The number of pyridine rings is 1. The van der Waals surface area contributed by atoms with Crippen molar-refractivity contribution in [3.8, 4) is 11.1 Å². The van der Waals surface area contributed by atoms with Crippen molar-refractivity contribution in [2.45, 2.75) is 31.7 Å². The van der Waals surface area contributed by atoms with Crippen molar-refractivity contribution in [2.75, 3.05) is 37.2 Å². The van der Waals surface area contributed by atoms with Crippen LogP contribution in [0.25, 0.3) is 11.1 Å². The van der Waals surface area contributed by atoms with Crippen molar-refractivity contribution in [3.63, 3.8) is 0 Å². The maximum atomic E-state index is 13.1. The molecule has 0 saturated carbocycles. The van der Waals surface area contributed by atoms with Crippen LogP contribution in [0.2, 0.25) is 0 Å². The quantitative estimate of drug-likeness (QED) is 0.654. The molecule has 10 heteroatoms. The third kappa shape index (κ3) is 6.57. The number of amides is 1. The van der Waals surface area contributed by atoms with Gasteiger partial charge in [-0.25, -0.2) is 13.4 Å². The molecule has 2 fully saturated rings. The highest BCUT2D eigenvalue weighted by molar-refractivity contribution is 7.92. The van der Waals surface area contributed by atoms with E-state index in [1.165, 1.54) is 12.8 Å². The first-order valence-corrected chi connectivity index (χ1v) is 12.4. The minimum absolute atomic E-state index is 0. The van der Waals surface area contributed by atoms with Crippen molar-refractivity contribution >= 4 is 46.6 Å². The molecule has 1 N–H and O–H groups in total. The van der Waals surface area contributed by atoms with E-state index in [1.54, 1.807) is 12.3 Å². The lowest BCUT2D eigenvalue weighted by Crippen LogP contribution is -2.42. The minimum Gasteiger partial charge on any atom is -0.334 e. The lowest BCUT2D eigenvalue weighted by Gasteiger charge is -2.28. The molecule has 2 aromatic rings. The third-order valence-electron chi connectivity index (χ3n) is 5.82. The Balaban J connectivity index is 0.00000181. The van der Waals surface area contributed by atoms with E-state index in [4.69, 9.17) is 0 Å². The number of carbonyl (C=O) groups excluding carboxylic acids is 1. The fourth-order valence-electron chi connectivity index (χ4n) is 4.34. The monoisotopic (exact) mass is 500 g/mol. The first-order valence-electron chi connectivity index (χ1n) is 10.5. The van der Waals surface area contributed by atoms with Crippen LogP contribution in [0.15, 0.2) is 42.6 Å². The van der Waals surface area contributed by atoms with Crippen LogP contribution in [0.3, 0.4) is 0 Å². The number of benzene rings is 1. The van der Waals surface area contributed by atoms with E-state index in [0.717, 1.165) is 56.4 Å². The molecule has 2 aliphatic heterocycles. The van der Waals surface area contributed by atoms with Crippen molar-refractivity contribution in [1.82, 2.24) is 14.8 Å². The molecule has 176 valence electrons. The average molecular weight is 501 g/mol. The van der Waals surface area contributed by atoms with E-state index in [-0.39, 0.29) is 36.5 Å². The van der Waals surface area contributed by atoms with Crippen molar-refractivity contribution in [1.29, 1.82) is 0 Å². The summed E-state index contributed by atoms with van der Waals surface area (Å²) in [5.74, 6) is 0.389. The van der Waals surface area contributed by atoms with Crippen LogP contribution < -0.4 is 4.72 Å². The summed E-state index contributed by atoms with van der Waals surface area (Å²) in [6, 6.07) is 11.3. The number of hydrogen-bond donors (Lipinski definition) is 1. The molecular formula is C22H30Cl2N4O3S. The zero-order valence-corrected chi connectivity index (χ0v) is 20.5. The van der Waals surface area contributed by atoms with Crippen LogP contribution >= 0.6 is 24.8 Å². The molecule has 2 saturated heterocycles. The van der Waals surface area contributed by atoms with Crippen LogP contribution in [0.4, 0.5) is 5.82 Å². The third-order valence-corrected chi connectivity index (χ3v) is 6.40. The molecule has 1 atom stereocenters. The number of aromatic nitrogens is 1. The number of hydrogen-bond acceptors (Lipinski definition) is 5. The molecule has 2 aliphatic rings. The Hall–Kier alpha value is -1.87. The van der Waals surface area contributed by atoms with Crippen LogP contribution in [-0.4, -0.2) is 67.6 Å². The molecule has 0 spiro atoms. The van der Waals surface area contributed by atoms with Gasteiger partial charge in [0.15, 0.2) is 0 Å². The summed E-state index contributed by atoms with van der Waals surface area (Å²) in [5.41, 5.74) is 2.50. The van der Waals surface area contributed by atoms with E-state index < -0.39 is 10.0 Å². The molecule has 1 aromatic heterocycles. The summed E-state index contributed by atoms with van der Waals surface area (Å²) in [7, 11) is -3.35. The molecule has 0 unspecified atom stereocenters. The Morgan fingerprint density at radius 2 is 1.66 bits per heavy atom. The fourth-order valence-corrected chi connectivity index (χ4v) is 4.84. The first kappa shape index (κ1) is 26.4. The zero-order valence-electron chi connectivity index (χ0n) is 18.1. The topological polar surface area (TPSA) is 82.6 Å². The summed E-state index contributed by atoms with van der Waals surface area (Å²) in [5, 5.41) is 0. The van der Waals surface area contributed by atoms with E-state index >= 15 is 0 Å². The Morgan fingerprint density at radius 1 is 1.00 bits per heavy atom. The van der Waals surface area contributed by atoms with Crippen LogP contribution in [-0.2, 0) is 10.0 Å². The van der Waals surface area contributed by atoms with Gasteiger partial charge < -0.3 is 9.80 Å². The predicted molar refractivity (Wildman–Crippen MR) is 132 cm³/mol. The minimum atomic E-state index is -3.35. The molecule has 32 heavy (non-hydrogen) atoms. The number of likely N-dealkylation sites (tertiary alicyclic amines) is 2. The summed E-state index contributed by atoms with van der Waals surface area (Å²) < 4.78 is 24.9. The van der Waals surface area contributed by atoms with Crippen molar-refractivity contribution in [2.24, 2.45) is 0 Å². The van der Waals surface area contributed by atoms with E-state index in [2.05, 4.69) is 14.6 Å². The Labute approximate surface area is 202 Å². The van der Waals surface area contributed by atoms with E-state index in [1.807, 2.05) is 35.2 Å². The normalized spacial score (nSPS) is 18.7. The van der Waals surface area contributed by atoms with Crippen LogP contribution in [0.1, 0.15) is 36.0 Å². The van der Waals surface area contributed by atoms with Gasteiger partial charge in [0.2, 0.25) is 10.0 Å². The summed E-state index contributed by atoms with van der Waals surface area (Å²) in [6.45, 7) is 4.13. The molecule has 0 radical (unpaired) electrons. The van der Waals surface area contributed by atoms with Gasteiger partial charge in [-0.1, -0.05) is 12.1 Å². The Kier molecular flexibility index (Phi) is 9.33. The number of nitrogens with one attached hydrogen (secondary N) is 1. The SMILES string of the molecule is CS(=O)(=O)Nc1ccc(-c2ccc(C(=O)N3CCC[C@H]3CN3CCCC3)cc2)cn1.Cl.Cl. The molecule has 1 aromatic carbocycles. The first-order chi connectivity index (χ1) is 14.4. The number of rotatable bonds is 6. The van der Waals surface area contributed by atoms with Gasteiger partial charge in [-0.2, -0.15) is 0 Å². The standard InChI is InChI=1S/C22H28N4O3S.2ClH/c1-30(28,29)24-21-11-10-19(15-23-21)17-6-8-18(9-7-17)22(27)26-14-4-5-20(26)16-25-12-2-3-13-25;;/h6-11,15,20H,2-5,12-14,16H2,1H3,(H,23,24);2*1H/t20-;;/m0../s1. The van der Waals surface area contributed by atoms with Crippen LogP contribution in [0, 0.1) is 0 Å². The van der Waals surface area contributed by atoms with Gasteiger partial charge in [0.25, 0.3) is 5.91 Å². The van der Waals surface area contributed by atoms with Gasteiger partial charge in [0.05, 0.1) is 6.26 Å². The molecular weight excluding hydrogens is 471 g/mol. The average Bonchev–Trinajstić information content (AvgIpc) is 3.39. The molecule has 0 bridgehead atoms. The lowest BCUT2D eigenvalue weighted by molar-refractivity contribution is 0.0709. The Bertz CT molecular complexity index is 995. The summed E-state index contributed by atoms with van der Waals surface area (Å²) in [4.78, 5) is 21.8. The molecule has 1 amide bonds. The number of anilines is 1. The fraction of sp³-hybridized carbons (Fsp3) is 0.455. The second-order valence-corrected chi connectivity index (χ2v) is 9.93. The predicted octanol–water partition coefficient (Wildman–Crippen LogP) is 3.66. The second kappa shape index (κ2) is 11.3. The van der Waals surface area contributed by atoms with Gasteiger partial charge in [0, 0.05) is 36.5 Å². The van der Waals surface area contributed by atoms with Gasteiger partial charge in [-0.15, -0.1) is 24.8 Å². The molecule has 3 heterocycles.